The van der Waals surface area contributed by atoms with E-state index in [0.717, 1.165) is 19.3 Å². The summed E-state index contributed by atoms with van der Waals surface area (Å²) < 4.78 is 4.50. The van der Waals surface area contributed by atoms with E-state index < -0.39 is 0 Å². The Morgan fingerprint density at radius 1 is 1.32 bits per heavy atom. The first-order valence-electron chi connectivity index (χ1n) is 6.75. The summed E-state index contributed by atoms with van der Waals surface area (Å²) in [5.41, 5.74) is 0. The molecule has 6 heteroatoms. The number of hydrogen-bond acceptors (Lipinski definition) is 4. The SMILES string of the molecule is COC(=O)CCCNC(=O)CN1CCCCCC1=O. The average molecular weight is 270 g/mol. The number of methoxy groups -OCH3 is 1. The van der Waals surface area contributed by atoms with Crippen LogP contribution in [0, 0.1) is 0 Å². The largest absolute Gasteiger partial charge is 0.469 e. The van der Waals surface area contributed by atoms with Gasteiger partial charge in [-0.05, 0) is 19.3 Å². The molecule has 19 heavy (non-hydrogen) atoms. The molecule has 0 atom stereocenters. The third kappa shape index (κ3) is 6.22. The van der Waals surface area contributed by atoms with Gasteiger partial charge in [-0.1, -0.05) is 6.42 Å². The summed E-state index contributed by atoms with van der Waals surface area (Å²) in [6, 6.07) is 0. The molecule has 0 aromatic rings. The lowest BCUT2D eigenvalue weighted by atomic mass is 10.2. The third-order valence-corrected chi connectivity index (χ3v) is 3.11. The molecule has 108 valence electrons. The molecule has 0 saturated carbocycles. The van der Waals surface area contributed by atoms with Gasteiger partial charge in [0.15, 0.2) is 0 Å². The van der Waals surface area contributed by atoms with Crippen molar-refractivity contribution in [3.63, 3.8) is 0 Å². The van der Waals surface area contributed by atoms with Crippen LogP contribution in [-0.4, -0.2) is 49.4 Å². The summed E-state index contributed by atoms with van der Waals surface area (Å²) in [7, 11) is 1.34. The number of nitrogens with one attached hydrogen (secondary N) is 1. The van der Waals surface area contributed by atoms with Gasteiger partial charge in [-0.15, -0.1) is 0 Å². The van der Waals surface area contributed by atoms with Gasteiger partial charge in [0, 0.05) is 25.9 Å². The minimum absolute atomic E-state index is 0.0576. The Kier molecular flexibility index (Phi) is 6.92. The molecule has 1 saturated heterocycles. The number of carbonyl (C=O) groups excluding carboxylic acids is 3. The van der Waals surface area contributed by atoms with Gasteiger partial charge >= 0.3 is 5.97 Å². The normalized spacial score (nSPS) is 15.8. The molecule has 0 spiro atoms. The van der Waals surface area contributed by atoms with Crippen molar-refractivity contribution in [2.75, 3.05) is 26.7 Å². The van der Waals surface area contributed by atoms with Crippen LogP contribution in [0.1, 0.15) is 38.5 Å². The molecule has 0 aromatic carbocycles. The predicted octanol–water partition coefficient (Wildman–Crippen LogP) is 0.458. The molecular weight excluding hydrogens is 248 g/mol. The van der Waals surface area contributed by atoms with Crippen LogP contribution >= 0.6 is 0 Å². The third-order valence-electron chi connectivity index (χ3n) is 3.11. The first-order chi connectivity index (χ1) is 9.13. The van der Waals surface area contributed by atoms with Crippen molar-refractivity contribution in [1.82, 2.24) is 10.2 Å². The number of carbonyl (C=O) groups is 3. The Balaban J connectivity index is 2.19. The van der Waals surface area contributed by atoms with E-state index in [-0.39, 0.29) is 24.3 Å². The van der Waals surface area contributed by atoms with E-state index >= 15 is 0 Å². The quantitative estimate of drug-likeness (QED) is 0.562. The van der Waals surface area contributed by atoms with Crippen LogP contribution in [-0.2, 0) is 19.1 Å². The zero-order valence-corrected chi connectivity index (χ0v) is 11.4. The second-order valence-electron chi connectivity index (χ2n) is 4.66. The molecule has 1 rings (SSSR count). The molecule has 0 aliphatic carbocycles. The Morgan fingerprint density at radius 3 is 2.84 bits per heavy atom. The maximum Gasteiger partial charge on any atom is 0.305 e. The van der Waals surface area contributed by atoms with E-state index in [1.54, 1.807) is 4.90 Å². The number of nitrogens with zero attached hydrogens (tertiary/aromatic N) is 1. The minimum Gasteiger partial charge on any atom is -0.469 e. The highest BCUT2D eigenvalue weighted by molar-refractivity contribution is 5.84. The van der Waals surface area contributed by atoms with Gasteiger partial charge in [-0.2, -0.15) is 0 Å². The summed E-state index contributed by atoms with van der Waals surface area (Å²) in [5.74, 6) is -0.390. The molecule has 1 N–H and O–H groups in total. The van der Waals surface area contributed by atoms with Crippen LogP contribution in [0.25, 0.3) is 0 Å². The highest BCUT2D eigenvalue weighted by Gasteiger charge is 2.18. The maximum atomic E-state index is 11.7. The van der Waals surface area contributed by atoms with E-state index in [4.69, 9.17) is 0 Å². The lowest BCUT2D eigenvalue weighted by Crippen LogP contribution is -2.40. The van der Waals surface area contributed by atoms with Crippen molar-refractivity contribution in [3.8, 4) is 0 Å². The van der Waals surface area contributed by atoms with Gasteiger partial charge in [0.05, 0.1) is 13.7 Å². The molecule has 1 aliphatic heterocycles. The lowest BCUT2D eigenvalue weighted by Gasteiger charge is -2.19. The van der Waals surface area contributed by atoms with Crippen LogP contribution in [0.5, 0.6) is 0 Å². The van der Waals surface area contributed by atoms with Gasteiger partial charge in [0.2, 0.25) is 11.8 Å². The molecule has 0 aromatic heterocycles. The summed E-state index contributed by atoms with van der Waals surface area (Å²) in [4.78, 5) is 35.8. The monoisotopic (exact) mass is 270 g/mol. The van der Waals surface area contributed by atoms with Gasteiger partial charge in [-0.25, -0.2) is 0 Å². The van der Waals surface area contributed by atoms with Crippen LogP contribution in [0.15, 0.2) is 0 Å². The number of amides is 2. The maximum absolute atomic E-state index is 11.7. The van der Waals surface area contributed by atoms with Crippen LogP contribution in [0.2, 0.25) is 0 Å². The van der Waals surface area contributed by atoms with Crippen molar-refractivity contribution in [2.45, 2.75) is 38.5 Å². The molecule has 6 nitrogen and oxygen atoms in total. The number of ether oxygens (including phenoxy) is 1. The molecule has 0 bridgehead atoms. The summed E-state index contributed by atoms with van der Waals surface area (Å²) >= 11 is 0. The van der Waals surface area contributed by atoms with Crippen LogP contribution in [0.4, 0.5) is 0 Å². The molecule has 2 amide bonds. The van der Waals surface area contributed by atoms with Gasteiger partial charge in [0.25, 0.3) is 0 Å². The molecule has 0 radical (unpaired) electrons. The first-order valence-corrected chi connectivity index (χ1v) is 6.75. The first kappa shape index (κ1) is 15.5. The van der Waals surface area contributed by atoms with Gasteiger partial charge < -0.3 is 15.0 Å². The highest BCUT2D eigenvalue weighted by atomic mass is 16.5. The number of esters is 1. The second-order valence-corrected chi connectivity index (χ2v) is 4.66. The molecule has 1 heterocycles. The molecule has 1 aliphatic rings. The smallest absolute Gasteiger partial charge is 0.305 e. The lowest BCUT2D eigenvalue weighted by molar-refractivity contribution is -0.140. The molecule has 1 fully saturated rings. The zero-order chi connectivity index (χ0) is 14.1. The fourth-order valence-electron chi connectivity index (χ4n) is 2.00. The topological polar surface area (TPSA) is 75.7 Å². The van der Waals surface area contributed by atoms with E-state index in [0.29, 0.717) is 32.4 Å². The predicted molar refractivity (Wildman–Crippen MR) is 69.3 cm³/mol. The fraction of sp³-hybridized carbons (Fsp3) is 0.769. The van der Waals surface area contributed by atoms with Crippen molar-refractivity contribution < 1.29 is 19.1 Å². The van der Waals surface area contributed by atoms with Crippen molar-refractivity contribution >= 4 is 17.8 Å². The Bertz CT molecular complexity index is 331. The van der Waals surface area contributed by atoms with E-state index in [1.807, 2.05) is 0 Å². The molecule has 0 unspecified atom stereocenters. The summed E-state index contributed by atoms with van der Waals surface area (Å²) in [5, 5.41) is 2.71. The van der Waals surface area contributed by atoms with Crippen molar-refractivity contribution in [1.29, 1.82) is 0 Å². The standard InChI is InChI=1S/C13H22N2O4/c1-19-13(18)7-5-8-14-11(16)10-15-9-4-2-3-6-12(15)17/h2-10H2,1H3,(H,14,16). The van der Waals surface area contributed by atoms with Crippen molar-refractivity contribution in [3.05, 3.63) is 0 Å². The number of rotatable bonds is 6. The zero-order valence-electron chi connectivity index (χ0n) is 11.4. The highest BCUT2D eigenvalue weighted by Crippen LogP contribution is 2.10. The van der Waals surface area contributed by atoms with E-state index in [9.17, 15) is 14.4 Å². The average Bonchev–Trinajstić information content (AvgIpc) is 2.60. The minimum atomic E-state index is -0.281. The Labute approximate surface area is 113 Å². The Morgan fingerprint density at radius 2 is 2.11 bits per heavy atom. The van der Waals surface area contributed by atoms with Crippen LogP contribution in [0.3, 0.4) is 0 Å². The Hall–Kier alpha value is -1.59. The van der Waals surface area contributed by atoms with E-state index in [2.05, 4.69) is 10.1 Å². The van der Waals surface area contributed by atoms with Gasteiger partial charge in [0.1, 0.15) is 0 Å². The van der Waals surface area contributed by atoms with Crippen LogP contribution < -0.4 is 5.32 Å². The molecular formula is C13H22N2O4. The number of likely N-dealkylation sites (tertiary alicyclic amines) is 1. The number of hydrogen-bond donors (Lipinski definition) is 1. The van der Waals surface area contributed by atoms with E-state index in [1.165, 1.54) is 7.11 Å². The second kappa shape index (κ2) is 8.50. The van der Waals surface area contributed by atoms with Gasteiger partial charge in [-0.3, -0.25) is 14.4 Å². The summed E-state index contributed by atoms with van der Waals surface area (Å²) in [6.45, 7) is 1.21. The fourth-order valence-corrected chi connectivity index (χ4v) is 2.00. The summed E-state index contributed by atoms with van der Waals surface area (Å²) in [6.07, 6.45) is 4.29. The van der Waals surface area contributed by atoms with Crippen molar-refractivity contribution in [2.24, 2.45) is 0 Å².